The van der Waals surface area contributed by atoms with Crippen LogP contribution in [0.15, 0.2) is 5.16 Å². The van der Waals surface area contributed by atoms with Crippen molar-refractivity contribution in [2.45, 2.75) is 38.1 Å². The summed E-state index contributed by atoms with van der Waals surface area (Å²) in [6.45, 7) is 12.6. The Morgan fingerprint density at radius 2 is 1.90 bits per heavy atom. The van der Waals surface area contributed by atoms with Crippen molar-refractivity contribution in [2.24, 2.45) is 5.92 Å². The number of thioether (sulfide) groups is 1. The van der Waals surface area contributed by atoms with E-state index in [1.807, 2.05) is 6.92 Å². The van der Waals surface area contributed by atoms with Crippen molar-refractivity contribution in [3.63, 3.8) is 0 Å². The molecule has 7 heteroatoms. The molecule has 0 aliphatic carbocycles. The second-order valence-corrected chi connectivity index (χ2v) is 6.78. The Labute approximate surface area is 131 Å². The summed E-state index contributed by atoms with van der Waals surface area (Å²) >= 11 is 1.71. The van der Waals surface area contributed by atoms with E-state index in [0.29, 0.717) is 17.1 Å². The Morgan fingerprint density at radius 1 is 1.19 bits per heavy atom. The maximum atomic E-state index is 5.39. The first-order chi connectivity index (χ1) is 10.1. The van der Waals surface area contributed by atoms with Crippen molar-refractivity contribution in [3.8, 4) is 0 Å². The summed E-state index contributed by atoms with van der Waals surface area (Å²) in [6.07, 6.45) is 0. The fourth-order valence-electron chi connectivity index (χ4n) is 1.84. The van der Waals surface area contributed by atoms with Crippen LogP contribution in [0.4, 0.5) is 11.9 Å². The van der Waals surface area contributed by atoms with Gasteiger partial charge in [0.2, 0.25) is 11.9 Å². The number of nitrogens with zero attached hydrogens (tertiary/aromatic N) is 4. The predicted octanol–water partition coefficient (Wildman–Crippen LogP) is 2.28. The van der Waals surface area contributed by atoms with Crippen LogP contribution in [0.25, 0.3) is 0 Å². The lowest BCUT2D eigenvalue weighted by atomic mass is 10.2. The zero-order valence-corrected chi connectivity index (χ0v) is 14.1. The number of aromatic nitrogens is 3. The van der Waals surface area contributed by atoms with Crippen molar-refractivity contribution in [3.05, 3.63) is 0 Å². The van der Waals surface area contributed by atoms with Crippen molar-refractivity contribution in [2.75, 3.05) is 43.1 Å². The van der Waals surface area contributed by atoms with Crippen LogP contribution in [0.5, 0.6) is 0 Å². The number of ether oxygens (including phenoxy) is 1. The van der Waals surface area contributed by atoms with Crippen molar-refractivity contribution >= 4 is 23.7 Å². The molecule has 0 saturated carbocycles. The van der Waals surface area contributed by atoms with E-state index in [4.69, 9.17) is 4.74 Å². The Kier molecular flexibility index (Phi) is 6.05. The van der Waals surface area contributed by atoms with Crippen molar-refractivity contribution in [1.82, 2.24) is 15.0 Å². The minimum absolute atomic E-state index is 0.472. The number of hydrogen-bond acceptors (Lipinski definition) is 7. The van der Waals surface area contributed by atoms with Gasteiger partial charge < -0.3 is 15.0 Å². The van der Waals surface area contributed by atoms with Crippen LogP contribution >= 0.6 is 11.8 Å². The lowest BCUT2D eigenvalue weighted by Crippen LogP contribution is -2.37. The zero-order valence-electron chi connectivity index (χ0n) is 13.3. The van der Waals surface area contributed by atoms with Gasteiger partial charge in [0.05, 0.1) is 13.2 Å². The summed E-state index contributed by atoms with van der Waals surface area (Å²) < 4.78 is 5.39. The second kappa shape index (κ2) is 7.79. The number of rotatable bonds is 6. The number of anilines is 2. The van der Waals surface area contributed by atoms with Gasteiger partial charge in [-0.1, -0.05) is 32.5 Å². The van der Waals surface area contributed by atoms with Gasteiger partial charge in [-0.3, -0.25) is 0 Å². The Bertz CT molecular complexity index is 451. The van der Waals surface area contributed by atoms with E-state index >= 15 is 0 Å². The Morgan fingerprint density at radius 3 is 2.52 bits per heavy atom. The fraction of sp³-hybridized carbons (Fsp3) is 0.786. The van der Waals surface area contributed by atoms with Crippen LogP contribution in [0.1, 0.15) is 27.7 Å². The largest absolute Gasteiger partial charge is 0.378 e. The Hall–Kier alpha value is -1.08. The van der Waals surface area contributed by atoms with Crippen LogP contribution in [-0.2, 0) is 4.74 Å². The molecule has 0 amide bonds. The number of nitrogens with one attached hydrogen (secondary N) is 1. The molecule has 2 rings (SSSR count). The zero-order chi connectivity index (χ0) is 15.2. The first kappa shape index (κ1) is 16.3. The van der Waals surface area contributed by atoms with Gasteiger partial charge in [0.15, 0.2) is 5.16 Å². The van der Waals surface area contributed by atoms with Crippen LogP contribution in [-0.4, -0.2) is 53.0 Å². The Balaban J connectivity index is 2.20. The smallest absolute Gasteiger partial charge is 0.231 e. The number of hydrogen-bond donors (Lipinski definition) is 1. The third-order valence-electron chi connectivity index (χ3n) is 3.46. The lowest BCUT2D eigenvalue weighted by molar-refractivity contribution is 0.122. The van der Waals surface area contributed by atoms with Crippen LogP contribution in [0.2, 0.25) is 0 Å². The van der Waals surface area contributed by atoms with Crippen molar-refractivity contribution in [1.29, 1.82) is 0 Å². The van der Waals surface area contributed by atoms with Crippen LogP contribution in [0.3, 0.4) is 0 Å². The molecule has 2 heterocycles. The van der Waals surface area contributed by atoms with Crippen LogP contribution < -0.4 is 10.2 Å². The monoisotopic (exact) mass is 311 g/mol. The minimum atomic E-state index is 0.472. The average molecular weight is 311 g/mol. The molecular formula is C14H25N5OS. The minimum Gasteiger partial charge on any atom is -0.378 e. The summed E-state index contributed by atoms with van der Waals surface area (Å²) in [5, 5.41) is 4.46. The third-order valence-corrected chi connectivity index (χ3v) is 4.77. The quantitative estimate of drug-likeness (QED) is 0.809. The highest BCUT2D eigenvalue weighted by Crippen LogP contribution is 2.27. The highest BCUT2D eigenvalue weighted by Gasteiger charge is 2.18. The number of morpholine rings is 1. The summed E-state index contributed by atoms with van der Waals surface area (Å²) in [6, 6.07) is 0. The molecule has 1 saturated heterocycles. The van der Waals surface area contributed by atoms with E-state index in [0.717, 1.165) is 44.0 Å². The van der Waals surface area contributed by atoms with E-state index < -0.39 is 0 Å². The molecule has 1 aliphatic rings. The summed E-state index contributed by atoms with van der Waals surface area (Å²) in [5.74, 6) is 2.00. The van der Waals surface area contributed by atoms with Gasteiger partial charge in [0.25, 0.3) is 0 Å². The molecule has 1 aromatic rings. The molecule has 21 heavy (non-hydrogen) atoms. The highest BCUT2D eigenvalue weighted by molar-refractivity contribution is 7.99. The molecule has 1 N–H and O–H groups in total. The first-order valence-electron chi connectivity index (χ1n) is 7.59. The van der Waals surface area contributed by atoms with Gasteiger partial charge >= 0.3 is 0 Å². The molecule has 0 radical (unpaired) electrons. The first-order valence-corrected chi connectivity index (χ1v) is 8.47. The molecule has 1 aromatic heterocycles. The van der Waals surface area contributed by atoms with Gasteiger partial charge in [-0.05, 0) is 12.8 Å². The summed E-state index contributed by atoms with van der Waals surface area (Å²) in [5.41, 5.74) is 0. The molecule has 1 unspecified atom stereocenters. The predicted molar refractivity (Wildman–Crippen MR) is 87.2 cm³/mol. The van der Waals surface area contributed by atoms with Gasteiger partial charge in [-0.2, -0.15) is 15.0 Å². The third kappa shape index (κ3) is 4.71. The summed E-state index contributed by atoms with van der Waals surface area (Å²) in [7, 11) is 0. The molecule has 0 bridgehead atoms. The second-order valence-electron chi connectivity index (χ2n) is 5.44. The summed E-state index contributed by atoms with van der Waals surface area (Å²) in [4.78, 5) is 15.8. The highest BCUT2D eigenvalue weighted by atomic mass is 32.2. The molecule has 118 valence electrons. The van der Waals surface area contributed by atoms with E-state index in [9.17, 15) is 0 Å². The molecule has 0 aromatic carbocycles. The molecule has 0 spiro atoms. The van der Waals surface area contributed by atoms with E-state index in [1.54, 1.807) is 11.8 Å². The average Bonchev–Trinajstić information content (AvgIpc) is 2.48. The fourth-order valence-corrected chi connectivity index (χ4v) is 2.72. The van der Waals surface area contributed by atoms with E-state index in [-0.39, 0.29) is 0 Å². The van der Waals surface area contributed by atoms with Crippen LogP contribution in [0, 0.1) is 5.92 Å². The van der Waals surface area contributed by atoms with Gasteiger partial charge in [0, 0.05) is 24.9 Å². The van der Waals surface area contributed by atoms with Gasteiger partial charge in [-0.15, -0.1) is 0 Å². The topological polar surface area (TPSA) is 63.2 Å². The normalized spacial score (nSPS) is 17.1. The SMILES string of the molecule is CCNc1nc(SC(C)C(C)C)nc(N2CCOCC2)n1. The van der Waals surface area contributed by atoms with Gasteiger partial charge in [-0.25, -0.2) is 0 Å². The lowest BCUT2D eigenvalue weighted by Gasteiger charge is -2.27. The maximum absolute atomic E-state index is 5.39. The standard InChI is InChI=1S/C14H25N5OS/c1-5-15-12-16-13(19-6-8-20-9-7-19)18-14(17-12)21-11(4)10(2)3/h10-11H,5-9H2,1-4H3,(H,15,16,17,18). The van der Waals surface area contributed by atoms with Gasteiger partial charge in [0.1, 0.15) is 0 Å². The van der Waals surface area contributed by atoms with Crippen molar-refractivity contribution < 1.29 is 4.74 Å². The molecular weight excluding hydrogens is 286 g/mol. The molecule has 6 nitrogen and oxygen atoms in total. The van der Waals surface area contributed by atoms with E-state index in [1.165, 1.54) is 0 Å². The maximum Gasteiger partial charge on any atom is 0.231 e. The van der Waals surface area contributed by atoms with E-state index in [2.05, 4.69) is 45.9 Å². The molecule has 1 aliphatic heterocycles. The molecule has 1 fully saturated rings. The molecule has 1 atom stereocenters.